The first kappa shape index (κ1) is 25.1. The number of fused-ring (bicyclic) bond motifs is 1. The molecule has 1 aromatic carbocycles. The van der Waals surface area contributed by atoms with E-state index in [2.05, 4.69) is 22.5 Å². The van der Waals surface area contributed by atoms with Gasteiger partial charge in [0.15, 0.2) is 6.04 Å². The van der Waals surface area contributed by atoms with Crippen molar-refractivity contribution >= 4 is 45.2 Å². The minimum absolute atomic E-state index is 0.0579. The van der Waals surface area contributed by atoms with Gasteiger partial charge in [-0.3, -0.25) is 9.69 Å². The Morgan fingerprint density at radius 2 is 1.88 bits per heavy atom. The van der Waals surface area contributed by atoms with Crippen LogP contribution >= 0.6 is 15.9 Å². The summed E-state index contributed by atoms with van der Waals surface area (Å²) in [5.74, 6) is -1.63. The number of hydroxylamine groups is 1. The molecule has 1 unspecified atom stereocenters. The molecule has 1 amide bonds. The number of carbonyl (C=O) groups excluding carboxylic acids is 3. The second-order valence-corrected chi connectivity index (χ2v) is 7.52. The predicted molar refractivity (Wildman–Crippen MR) is 124 cm³/mol. The Labute approximate surface area is 195 Å². The average Bonchev–Trinajstić information content (AvgIpc) is 3.01. The lowest BCUT2D eigenvalue weighted by Crippen LogP contribution is -2.36. The predicted octanol–water partition coefficient (Wildman–Crippen LogP) is 3.28. The molecule has 1 aromatic rings. The summed E-state index contributed by atoms with van der Waals surface area (Å²) in [6, 6.07) is 4.23. The summed E-state index contributed by atoms with van der Waals surface area (Å²) in [5.41, 5.74) is 0.992. The fourth-order valence-electron chi connectivity index (χ4n) is 3.10. The van der Waals surface area contributed by atoms with Crippen molar-refractivity contribution in [1.29, 1.82) is 0 Å². The van der Waals surface area contributed by atoms with Crippen molar-refractivity contribution in [1.82, 2.24) is 0 Å². The minimum atomic E-state index is -0.941. The van der Waals surface area contributed by atoms with E-state index < -0.39 is 23.9 Å². The van der Waals surface area contributed by atoms with E-state index in [0.29, 0.717) is 16.0 Å². The van der Waals surface area contributed by atoms with Crippen LogP contribution in [-0.4, -0.2) is 54.1 Å². The number of carbonyl (C=O) groups is 3. The van der Waals surface area contributed by atoms with Gasteiger partial charge < -0.3 is 14.7 Å². The number of esters is 2. The van der Waals surface area contributed by atoms with Crippen LogP contribution in [0.3, 0.4) is 0 Å². The van der Waals surface area contributed by atoms with Gasteiger partial charge in [-0.1, -0.05) is 28.1 Å². The van der Waals surface area contributed by atoms with Crippen molar-refractivity contribution in [3.63, 3.8) is 0 Å². The zero-order valence-electron chi connectivity index (χ0n) is 18.0. The number of rotatable bonds is 10. The average molecular weight is 505 g/mol. The van der Waals surface area contributed by atoms with Crippen LogP contribution in [0.25, 0.3) is 0 Å². The van der Waals surface area contributed by atoms with E-state index in [-0.39, 0.29) is 31.9 Å². The van der Waals surface area contributed by atoms with E-state index in [0.717, 1.165) is 10.5 Å². The minimum Gasteiger partial charge on any atom is -0.623 e. The van der Waals surface area contributed by atoms with E-state index in [4.69, 9.17) is 9.47 Å². The molecule has 0 spiro atoms. The third kappa shape index (κ3) is 6.16. The third-order valence-corrected chi connectivity index (χ3v) is 4.94. The molecule has 32 heavy (non-hydrogen) atoms. The second-order valence-electron chi connectivity index (χ2n) is 6.61. The van der Waals surface area contributed by atoms with Gasteiger partial charge in [-0.25, -0.2) is 9.59 Å². The number of amides is 1. The lowest BCUT2D eigenvalue weighted by atomic mass is 10.1. The van der Waals surface area contributed by atoms with Crippen molar-refractivity contribution in [3.05, 3.63) is 70.4 Å². The monoisotopic (exact) mass is 504 g/mol. The van der Waals surface area contributed by atoms with Gasteiger partial charge in [0.1, 0.15) is 0 Å². The van der Waals surface area contributed by atoms with E-state index >= 15 is 0 Å². The molecule has 0 aromatic heterocycles. The Bertz CT molecular complexity index is 983. The molecule has 1 aliphatic heterocycles. The van der Waals surface area contributed by atoms with Crippen LogP contribution in [-0.2, 0) is 23.9 Å². The lowest BCUT2D eigenvalue weighted by Gasteiger charge is -2.15. The molecule has 0 fully saturated rings. The first-order valence-electron chi connectivity index (χ1n) is 10.1. The van der Waals surface area contributed by atoms with Gasteiger partial charge >= 0.3 is 17.8 Å². The lowest BCUT2D eigenvalue weighted by molar-refractivity contribution is -0.485. The molecular weight excluding hydrogens is 480 g/mol. The van der Waals surface area contributed by atoms with Crippen LogP contribution < -0.4 is 4.90 Å². The van der Waals surface area contributed by atoms with Crippen LogP contribution in [0, 0.1) is 5.21 Å². The molecule has 0 saturated heterocycles. The molecule has 1 heterocycles. The molecular formula is C23H25BrN2O6. The van der Waals surface area contributed by atoms with E-state index in [1.807, 2.05) is 0 Å². The maximum Gasteiger partial charge on any atom is 0.330 e. The standard InChI is InChI=1S/C23H25BrN2O6/c1-4-14-25-19-15-16(24)10-12-18(19)22(23(25)29)26(30)17(11-13-21(28)32-6-3)8-7-9-20(27)31-5-2/h4,7,9-13,15,17H,1,5-6,8,14H2,2-3H3/b9-7+,13-11+,26-22-. The van der Waals surface area contributed by atoms with Gasteiger partial charge in [0.25, 0.3) is 5.71 Å². The van der Waals surface area contributed by atoms with Crippen LogP contribution in [0.15, 0.2) is 59.6 Å². The molecule has 8 nitrogen and oxygen atoms in total. The Morgan fingerprint density at radius 1 is 1.22 bits per heavy atom. The highest BCUT2D eigenvalue weighted by Crippen LogP contribution is 2.32. The SMILES string of the molecule is C=CCN1C(=O)/C(=[N+](\[O-])C(/C=C/C(=O)OCC)C/C=C/C(=O)OCC)c2ccc(Br)cc21. The number of nitrogens with zero attached hydrogens (tertiary/aromatic N) is 2. The highest BCUT2D eigenvalue weighted by atomic mass is 79.9. The second kappa shape index (κ2) is 12.0. The summed E-state index contributed by atoms with van der Waals surface area (Å²) in [5, 5.41) is 13.4. The van der Waals surface area contributed by atoms with E-state index in [1.165, 1.54) is 23.1 Å². The first-order valence-corrected chi connectivity index (χ1v) is 10.9. The molecule has 9 heteroatoms. The maximum atomic E-state index is 13.4. The summed E-state index contributed by atoms with van der Waals surface area (Å²) in [6.45, 7) is 7.67. The maximum absolute atomic E-state index is 13.4. The van der Waals surface area contributed by atoms with Crippen molar-refractivity contribution in [3.8, 4) is 0 Å². The molecule has 0 saturated carbocycles. The molecule has 1 aliphatic rings. The third-order valence-electron chi connectivity index (χ3n) is 4.45. The molecule has 170 valence electrons. The van der Waals surface area contributed by atoms with Gasteiger partial charge in [0.2, 0.25) is 0 Å². The highest BCUT2D eigenvalue weighted by molar-refractivity contribution is 9.10. The summed E-state index contributed by atoms with van der Waals surface area (Å²) in [4.78, 5) is 37.9. The van der Waals surface area contributed by atoms with E-state index in [1.54, 1.807) is 38.1 Å². The molecule has 0 bridgehead atoms. The number of hydrogen-bond donors (Lipinski definition) is 0. The number of hydrogen-bond acceptors (Lipinski definition) is 6. The van der Waals surface area contributed by atoms with Gasteiger partial charge in [-0.05, 0) is 38.1 Å². The summed E-state index contributed by atoms with van der Waals surface area (Å²) < 4.78 is 11.0. The van der Waals surface area contributed by atoms with Gasteiger partial charge in [0.05, 0.1) is 24.5 Å². The van der Waals surface area contributed by atoms with Crippen LogP contribution in [0.2, 0.25) is 0 Å². The van der Waals surface area contributed by atoms with Crippen LogP contribution in [0.4, 0.5) is 5.69 Å². The summed E-state index contributed by atoms with van der Waals surface area (Å²) in [6.07, 6.45) is 6.80. The first-order chi connectivity index (χ1) is 15.3. The van der Waals surface area contributed by atoms with Crippen molar-refractivity contribution in [2.24, 2.45) is 0 Å². The van der Waals surface area contributed by atoms with Crippen LogP contribution in [0.1, 0.15) is 25.8 Å². The highest BCUT2D eigenvalue weighted by Gasteiger charge is 2.40. The van der Waals surface area contributed by atoms with Crippen molar-refractivity contribution < 1.29 is 28.6 Å². The van der Waals surface area contributed by atoms with Crippen molar-refractivity contribution in [2.75, 3.05) is 24.7 Å². The van der Waals surface area contributed by atoms with Gasteiger partial charge in [-0.15, -0.1) is 6.58 Å². The molecule has 2 rings (SSSR count). The molecule has 0 aliphatic carbocycles. The van der Waals surface area contributed by atoms with E-state index in [9.17, 15) is 19.6 Å². The Morgan fingerprint density at radius 3 is 2.50 bits per heavy atom. The fourth-order valence-corrected chi connectivity index (χ4v) is 3.45. The molecule has 0 N–H and O–H groups in total. The number of anilines is 1. The fraction of sp³-hybridized carbons (Fsp3) is 0.304. The number of benzene rings is 1. The summed E-state index contributed by atoms with van der Waals surface area (Å²) >= 11 is 3.39. The Hall–Kier alpha value is -3.20. The van der Waals surface area contributed by atoms with Crippen LogP contribution in [0.5, 0.6) is 0 Å². The normalized spacial score (nSPS) is 15.7. The molecule has 0 radical (unpaired) electrons. The number of halogens is 1. The summed E-state index contributed by atoms with van der Waals surface area (Å²) in [7, 11) is 0. The Kier molecular flexibility index (Phi) is 9.39. The molecule has 1 atom stereocenters. The topological polar surface area (TPSA) is 99.0 Å². The largest absolute Gasteiger partial charge is 0.623 e. The Balaban J connectivity index is 2.48. The zero-order chi connectivity index (χ0) is 23.7. The number of ether oxygens (including phenoxy) is 2. The van der Waals surface area contributed by atoms with Crippen molar-refractivity contribution in [2.45, 2.75) is 26.3 Å². The quantitative estimate of drug-likeness (QED) is 0.121. The smallest absolute Gasteiger partial charge is 0.330 e. The zero-order valence-corrected chi connectivity index (χ0v) is 19.5. The van der Waals surface area contributed by atoms with Gasteiger partial charge in [0, 0.05) is 29.6 Å². The van der Waals surface area contributed by atoms with Gasteiger partial charge in [-0.2, -0.15) is 4.74 Å².